The molecule has 2 heterocycles. The topological polar surface area (TPSA) is 72.3 Å². The smallest absolute Gasteiger partial charge is 0.336 e. The first-order chi connectivity index (χ1) is 14.5. The van der Waals surface area contributed by atoms with Crippen molar-refractivity contribution in [2.45, 2.75) is 6.92 Å². The highest BCUT2D eigenvalue weighted by Crippen LogP contribution is 2.29. The molecular formula is C23H16FIN2O3. The van der Waals surface area contributed by atoms with Crippen LogP contribution >= 0.6 is 22.6 Å². The molecule has 0 aliphatic carbocycles. The maximum Gasteiger partial charge on any atom is 0.336 e. The van der Waals surface area contributed by atoms with Crippen molar-refractivity contribution < 1.29 is 19.0 Å². The molecule has 0 saturated carbocycles. The van der Waals surface area contributed by atoms with Gasteiger partial charge in [0.15, 0.2) is 0 Å². The van der Waals surface area contributed by atoms with Gasteiger partial charge in [0.05, 0.1) is 29.1 Å². The molecule has 1 N–H and O–H groups in total. The average Bonchev–Trinajstić information content (AvgIpc) is 2.73. The van der Waals surface area contributed by atoms with Crippen LogP contribution in [-0.4, -0.2) is 27.7 Å². The molecule has 5 nitrogen and oxygen atoms in total. The highest BCUT2D eigenvalue weighted by Gasteiger charge is 2.15. The van der Waals surface area contributed by atoms with E-state index in [0.29, 0.717) is 45.8 Å². The van der Waals surface area contributed by atoms with Crippen molar-refractivity contribution in [1.29, 1.82) is 0 Å². The third kappa shape index (κ3) is 3.97. The maximum atomic E-state index is 14.4. The summed E-state index contributed by atoms with van der Waals surface area (Å²) < 4.78 is 20.7. The first kappa shape index (κ1) is 20.2. The fourth-order valence-electron chi connectivity index (χ4n) is 3.20. The van der Waals surface area contributed by atoms with Crippen molar-refractivity contribution in [3.05, 3.63) is 75.7 Å². The molecule has 4 rings (SSSR count). The van der Waals surface area contributed by atoms with Crippen molar-refractivity contribution in [3.63, 3.8) is 0 Å². The van der Waals surface area contributed by atoms with Crippen LogP contribution in [-0.2, 0) is 0 Å². The Morgan fingerprint density at radius 1 is 1.10 bits per heavy atom. The van der Waals surface area contributed by atoms with E-state index in [1.54, 1.807) is 42.6 Å². The largest absolute Gasteiger partial charge is 0.494 e. The maximum absolute atomic E-state index is 14.4. The summed E-state index contributed by atoms with van der Waals surface area (Å²) in [7, 11) is 0. The monoisotopic (exact) mass is 514 g/mol. The lowest BCUT2D eigenvalue weighted by atomic mass is 10.0. The fourth-order valence-corrected chi connectivity index (χ4v) is 3.69. The second-order valence-electron chi connectivity index (χ2n) is 6.53. The van der Waals surface area contributed by atoms with Crippen molar-refractivity contribution in [3.8, 4) is 28.3 Å². The lowest BCUT2D eigenvalue weighted by Gasteiger charge is -2.09. The summed E-state index contributed by atoms with van der Waals surface area (Å²) in [5.74, 6) is -0.958. The first-order valence-corrected chi connectivity index (χ1v) is 10.3. The van der Waals surface area contributed by atoms with E-state index < -0.39 is 11.8 Å². The number of hydrogen-bond donors (Lipinski definition) is 1. The van der Waals surface area contributed by atoms with Gasteiger partial charge in [0.25, 0.3) is 0 Å². The number of rotatable bonds is 5. The number of halogens is 2. The predicted molar refractivity (Wildman–Crippen MR) is 121 cm³/mol. The van der Waals surface area contributed by atoms with Gasteiger partial charge < -0.3 is 9.84 Å². The van der Waals surface area contributed by atoms with Crippen molar-refractivity contribution in [1.82, 2.24) is 9.97 Å². The van der Waals surface area contributed by atoms with Gasteiger partial charge in [-0.3, -0.25) is 4.98 Å². The molecule has 150 valence electrons. The molecule has 0 saturated heterocycles. The number of nitrogens with zero attached hydrogens (tertiary/aromatic N) is 2. The van der Waals surface area contributed by atoms with Crippen molar-refractivity contribution in [2.24, 2.45) is 0 Å². The lowest BCUT2D eigenvalue weighted by Crippen LogP contribution is -2.01. The minimum Gasteiger partial charge on any atom is -0.494 e. The SMILES string of the molecule is CCOc1ccc(-c2ccc(-c3cc(C(=O)O)c4cc(I)ccc4n3)nc2)c(F)c1. The number of ether oxygens (including phenoxy) is 1. The van der Waals surface area contributed by atoms with Crippen LogP contribution in [0.25, 0.3) is 33.4 Å². The van der Waals surface area contributed by atoms with Crippen LogP contribution in [0.4, 0.5) is 4.39 Å². The van der Waals surface area contributed by atoms with Crippen LogP contribution in [0, 0.1) is 9.39 Å². The Morgan fingerprint density at radius 2 is 1.93 bits per heavy atom. The zero-order valence-corrected chi connectivity index (χ0v) is 18.1. The molecular weight excluding hydrogens is 498 g/mol. The first-order valence-electron chi connectivity index (χ1n) is 9.19. The molecule has 4 aromatic rings. The third-order valence-electron chi connectivity index (χ3n) is 4.59. The summed E-state index contributed by atoms with van der Waals surface area (Å²) in [6.07, 6.45) is 1.55. The Labute approximate surface area is 185 Å². The van der Waals surface area contributed by atoms with E-state index in [1.165, 1.54) is 12.1 Å². The summed E-state index contributed by atoms with van der Waals surface area (Å²) in [4.78, 5) is 20.7. The molecule has 0 radical (unpaired) electrons. The number of fused-ring (bicyclic) bond motifs is 1. The number of aromatic nitrogens is 2. The summed E-state index contributed by atoms with van der Waals surface area (Å²) in [6, 6.07) is 15.1. The number of benzene rings is 2. The normalized spacial score (nSPS) is 10.9. The summed E-state index contributed by atoms with van der Waals surface area (Å²) in [5.41, 5.74) is 2.71. The highest BCUT2D eigenvalue weighted by atomic mass is 127. The molecule has 2 aromatic heterocycles. The number of carboxylic acids is 1. The van der Waals surface area contributed by atoms with Crippen LogP contribution in [0.5, 0.6) is 5.75 Å². The summed E-state index contributed by atoms with van der Waals surface area (Å²) in [5, 5.41) is 10.2. The fraction of sp³-hybridized carbons (Fsp3) is 0.0870. The highest BCUT2D eigenvalue weighted by molar-refractivity contribution is 14.1. The Kier molecular flexibility index (Phi) is 5.63. The molecule has 7 heteroatoms. The average molecular weight is 514 g/mol. The molecule has 30 heavy (non-hydrogen) atoms. The second-order valence-corrected chi connectivity index (χ2v) is 7.77. The van der Waals surface area contributed by atoms with Gasteiger partial charge in [0.1, 0.15) is 11.6 Å². The van der Waals surface area contributed by atoms with Gasteiger partial charge in [0.2, 0.25) is 0 Å². The Morgan fingerprint density at radius 3 is 2.60 bits per heavy atom. The molecule has 0 aliphatic rings. The number of hydrogen-bond acceptors (Lipinski definition) is 4. The van der Waals surface area contributed by atoms with Gasteiger partial charge in [-0.25, -0.2) is 14.2 Å². The number of aromatic carboxylic acids is 1. The van der Waals surface area contributed by atoms with E-state index >= 15 is 0 Å². The minimum atomic E-state index is -1.03. The van der Waals surface area contributed by atoms with Crippen LogP contribution in [0.15, 0.2) is 60.8 Å². The van der Waals surface area contributed by atoms with Crippen LogP contribution in [0.1, 0.15) is 17.3 Å². The van der Waals surface area contributed by atoms with Gasteiger partial charge in [-0.15, -0.1) is 0 Å². The van der Waals surface area contributed by atoms with Crippen LogP contribution < -0.4 is 4.74 Å². The lowest BCUT2D eigenvalue weighted by molar-refractivity contribution is 0.0699. The molecule has 0 bridgehead atoms. The van der Waals surface area contributed by atoms with E-state index in [1.807, 2.05) is 13.0 Å². The summed E-state index contributed by atoms with van der Waals surface area (Å²) >= 11 is 2.13. The molecule has 0 unspecified atom stereocenters. The standard InChI is InChI=1S/C23H16FIN2O3/c1-2-30-15-5-6-16(19(24)10-15)13-3-7-21(26-12-13)22-11-18(23(28)29)17-9-14(25)4-8-20(17)27-22/h3-12H,2H2,1H3,(H,28,29). The molecule has 0 amide bonds. The van der Waals surface area contributed by atoms with E-state index in [9.17, 15) is 14.3 Å². The number of carboxylic acid groups (broad SMARTS) is 1. The van der Waals surface area contributed by atoms with Crippen molar-refractivity contribution in [2.75, 3.05) is 6.61 Å². The number of carbonyl (C=O) groups is 1. The van der Waals surface area contributed by atoms with Gasteiger partial charge >= 0.3 is 5.97 Å². The Bertz CT molecular complexity index is 1260. The van der Waals surface area contributed by atoms with Crippen molar-refractivity contribution >= 4 is 39.5 Å². The molecule has 0 aliphatic heterocycles. The van der Waals surface area contributed by atoms with Gasteiger partial charge in [-0.05, 0) is 72.0 Å². The quantitative estimate of drug-likeness (QED) is 0.341. The van der Waals surface area contributed by atoms with Gasteiger partial charge in [-0.2, -0.15) is 0 Å². The third-order valence-corrected chi connectivity index (χ3v) is 5.26. The Hall–Kier alpha value is -3.07. The predicted octanol–water partition coefficient (Wildman–Crippen LogP) is 5.80. The molecule has 0 spiro atoms. The van der Waals surface area contributed by atoms with E-state index in [4.69, 9.17) is 4.74 Å². The number of pyridine rings is 2. The molecule has 0 atom stereocenters. The second kappa shape index (κ2) is 8.35. The minimum absolute atomic E-state index is 0.164. The zero-order valence-electron chi connectivity index (χ0n) is 15.9. The zero-order chi connectivity index (χ0) is 21.3. The van der Waals surface area contributed by atoms with Gasteiger partial charge in [0, 0.05) is 32.3 Å². The Balaban J connectivity index is 1.73. The molecule has 0 fully saturated rings. The van der Waals surface area contributed by atoms with Crippen LogP contribution in [0.2, 0.25) is 0 Å². The van der Waals surface area contributed by atoms with E-state index in [0.717, 1.165) is 3.57 Å². The van der Waals surface area contributed by atoms with E-state index in [-0.39, 0.29) is 5.56 Å². The van der Waals surface area contributed by atoms with E-state index in [2.05, 4.69) is 32.6 Å². The van der Waals surface area contributed by atoms with Gasteiger partial charge in [-0.1, -0.05) is 6.07 Å². The molecule has 2 aromatic carbocycles. The van der Waals surface area contributed by atoms with Crippen LogP contribution in [0.3, 0.4) is 0 Å². The summed E-state index contributed by atoms with van der Waals surface area (Å²) in [6.45, 7) is 2.30.